The van der Waals surface area contributed by atoms with E-state index in [2.05, 4.69) is 20.8 Å². The monoisotopic (exact) mass is 456 g/mol. The summed E-state index contributed by atoms with van der Waals surface area (Å²) in [6.07, 6.45) is 11.9. The second kappa shape index (κ2) is 13.6. The molecule has 3 fully saturated rings. The van der Waals surface area contributed by atoms with Gasteiger partial charge in [0, 0.05) is 13.2 Å². The van der Waals surface area contributed by atoms with Gasteiger partial charge in [-0.3, -0.25) is 0 Å². The van der Waals surface area contributed by atoms with Crippen molar-refractivity contribution in [3.8, 4) is 0 Å². The molecule has 0 saturated heterocycles. The summed E-state index contributed by atoms with van der Waals surface area (Å²) >= 11 is 0. The molecule has 4 unspecified atom stereocenters. The lowest BCUT2D eigenvalue weighted by molar-refractivity contribution is -0.129. The Morgan fingerprint density at radius 3 is 1.53 bits per heavy atom. The Balaban J connectivity index is 1.34. The fourth-order valence-electron chi connectivity index (χ4n) is 6.61. The molecule has 0 radical (unpaired) electrons. The van der Waals surface area contributed by atoms with Crippen molar-refractivity contribution in [2.75, 3.05) is 13.2 Å². The molecule has 2 nitrogen and oxygen atoms in total. The highest BCUT2D eigenvalue weighted by molar-refractivity contribution is 4.90. The molecule has 0 aliphatic heterocycles. The number of alkyl halides is 2. The summed E-state index contributed by atoms with van der Waals surface area (Å²) in [6.45, 7) is 8.08. The summed E-state index contributed by atoms with van der Waals surface area (Å²) in [4.78, 5) is 0. The number of halogens is 2. The smallest absolute Gasteiger partial charge is 0.160 e. The van der Waals surface area contributed by atoms with Crippen molar-refractivity contribution in [1.82, 2.24) is 0 Å². The second-order valence-electron chi connectivity index (χ2n) is 11.5. The van der Waals surface area contributed by atoms with Gasteiger partial charge in [0.1, 0.15) is 0 Å². The highest BCUT2D eigenvalue weighted by Crippen LogP contribution is 2.38. The van der Waals surface area contributed by atoms with Crippen LogP contribution in [0.25, 0.3) is 0 Å². The lowest BCUT2D eigenvalue weighted by Crippen LogP contribution is -2.47. The Hall–Kier alpha value is -0.220. The zero-order valence-corrected chi connectivity index (χ0v) is 21.1. The molecule has 0 spiro atoms. The molecule has 0 aromatic rings. The molecule has 3 rings (SSSR count). The van der Waals surface area contributed by atoms with Gasteiger partial charge in [-0.15, -0.1) is 0 Å². The van der Waals surface area contributed by atoms with E-state index in [4.69, 9.17) is 9.47 Å². The van der Waals surface area contributed by atoms with Crippen LogP contribution in [0.4, 0.5) is 8.78 Å². The predicted octanol–water partition coefficient (Wildman–Crippen LogP) is 8.08. The minimum absolute atomic E-state index is 0.517. The first kappa shape index (κ1) is 26.4. The zero-order chi connectivity index (χ0) is 22.9. The topological polar surface area (TPSA) is 18.5 Å². The van der Waals surface area contributed by atoms with Gasteiger partial charge in [-0.05, 0) is 81.0 Å². The van der Waals surface area contributed by atoms with Crippen molar-refractivity contribution in [1.29, 1.82) is 0 Å². The van der Waals surface area contributed by atoms with E-state index in [0.29, 0.717) is 37.9 Å². The van der Waals surface area contributed by atoms with E-state index in [1.54, 1.807) is 0 Å². The average Bonchev–Trinajstić information content (AvgIpc) is 2.81. The first-order chi connectivity index (χ1) is 15.5. The minimum Gasteiger partial charge on any atom is -0.375 e. The van der Waals surface area contributed by atoms with Gasteiger partial charge in [0.25, 0.3) is 0 Å². The van der Waals surface area contributed by atoms with Crippen LogP contribution in [0.15, 0.2) is 0 Å². The molecular weight excluding hydrogens is 406 g/mol. The summed E-state index contributed by atoms with van der Waals surface area (Å²) in [5, 5.41) is 0. The first-order valence-corrected chi connectivity index (χ1v) is 14.0. The summed E-state index contributed by atoms with van der Waals surface area (Å²) in [7, 11) is 0. The molecule has 0 heterocycles. The molecule has 3 saturated carbocycles. The summed E-state index contributed by atoms with van der Waals surface area (Å²) in [5.41, 5.74) is 0. The van der Waals surface area contributed by atoms with Crippen molar-refractivity contribution in [3.63, 3.8) is 0 Å². The van der Waals surface area contributed by atoms with Crippen LogP contribution in [0.3, 0.4) is 0 Å². The fourth-order valence-corrected chi connectivity index (χ4v) is 6.61. The average molecular weight is 457 g/mol. The molecule has 4 atom stereocenters. The predicted molar refractivity (Wildman–Crippen MR) is 128 cm³/mol. The van der Waals surface area contributed by atoms with Gasteiger partial charge in [-0.2, -0.15) is 0 Å². The van der Waals surface area contributed by atoms with E-state index < -0.39 is 24.6 Å². The van der Waals surface area contributed by atoms with Gasteiger partial charge >= 0.3 is 0 Å². The highest BCUT2D eigenvalue weighted by Gasteiger charge is 2.42. The van der Waals surface area contributed by atoms with Crippen LogP contribution in [-0.4, -0.2) is 37.8 Å². The van der Waals surface area contributed by atoms with Crippen LogP contribution in [0.2, 0.25) is 0 Å². The number of hydrogen-bond donors (Lipinski definition) is 0. The van der Waals surface area contributed by atoms with E-state index >= 15 is 0 Å². The van der Waals surface area contributed by atoms with Gasteiger partial charge in [-0.1, -0.05) is 59.3 Å². The molecule has 0 N–H and O–H groups in total. The van der Waals surface area contributed by atoms with E-state index in [1.807, 2.05) is 0 Å². The molecule has 0 amide bonds. The van der Waals surface area contributed by atoms with Gasteiger partial charge in [-0.25, -0.2) is 8.78 Å². The van der Waals surface area contributed by atoms with Crippen LogP contribution in [0.1, 0.15) is 111 Å². The van der Waals surface area contributed by atoms with Crippen LogP contribution < -0.4 is 0 Å². The van der Waals surface area contributed by atoms with Crippen molar-refractivity contribution in [2.45, 2.75) is 135 Å². The standard InChI is InChI=1S/C28H50F2O2/c1-4-6-23(7-5-2)24-14-12-22(13-15-24)19-32-26-17-16-25(27(29)28(26)30)31-18-21-10-8-20(3)9-11-21/h20-28H,4-19H2,1-3H3. The van der Waals surface area contributed by atoms with Crippen molar-refractivity contribution < 1.29 is 18.3 Å². The quantitative estimate of drug-likeness (QED) is 0.313. The van der Waals surface area contributed by atoms with Gasteiger partial charge in [0.05, 0.1) is 12.2 Å². The lowest BCUT2D eigenvalue weighted by Gasteiger charge is -2.37. The van der Waals surface area contributed by atoms with Crippen LogP contribution >= 0.6 is 0 Å². The van der Waals surface area contributed by atoms with E-state index in [9.17, 15) is 8.78 Å². The van der Waals surface area contributed by atoms with Crippen LogP contribution in [0, 0.1) is 29.6 Å². The van der Waals surface area contributed by atoms with E-state index in [0.717, 1.165) is 30.6 Å². The number of rotatable bonds is 11. The van der Waals surface area contributed by atoms with E-state index in [-0.39, 0.29) is 0 Å². The number of ether oxygens (including phenoxy) is 2. The van der Waals surface area contributed by atoms with Crippen LogP contribution in [-0.2, 0) is 9.47 Å². The summed E-state index contributed by atoms with van der Waals surface area (Å²) in [5.74, 6) is 3.57. The second-order valence-corrected chi connectivity index (χ2v) is 11.5. The molecule has 32 heavy (non-hydrogen) atoms. The molecular formula is C28H50F2O2. The SMILES string of the molecule is CCCC(CCC)C1CCC(COC2CCC(OCC3CCC(C)CC3)C(F)C2F)CC1. The first-order valence-electron chi connectivity index (χ1n) is 14.0. The molecule has 3 aliphatic rings. The molecule has 4 heteroatoms. The third-order valence-corrected chi connectivity index (χ3v) is 8.85. The maximum Gasteiger partial charge on any atom is 0.160 e. The Kier molecular flexibility index (Phi) is 11.2. The largest absolute Gasteiger partial charge is 0.375 e. The zero-order valence-electron chi connectivity index (χ0n) is 21.1. The van der Waals surface area contributed by atoms with Crippen molar-refractivity contribution in [3.05, 3.63) is 0 Å². The Morgan fingerprint density at radius 2 is 1.09 bits per heavy atom. The molecule has 188 valence electrons. The highest BCUT2D eigenvalue weighted by atomic mass is 19.2. The Labute approximate surface area is 196 Å². The minimum atomic E-state index is -1.55. The lowest BCUT2D eigenvalue weighted by atomic mass is 9.73. The third kappa shape index (κ3) is 7.65. The summed E-state index contributed by atoms with van der Waals surface area (Å²) in [6, 6.07) is 0. The molecule has 3 aliphatic carbocycles. The van der Waals surface area contributed by atoms with Crippen molar-refractivity contribution in [2.24, 2.45) is 29.6 Å². The number of hydrogen-bond acceptors (Lipinski definition) is 2. The third-order valence-electron chi connectivity index (χ3n) is 8.85. The maximum absolute atomic E-state index is 14.8. The Morgan fingerprint density at radius 1 is 0.656 bits per heavy atom. The van der Waals surface area contributed by atoms with Crippen molar-refractivity contribution >= 4 is 0 Å². The van der Waals surface area contributed by atoms with Crippen LogP contribution in [0.5, 0.6) is 0 Å². The van der Waals surface area contributed by atoms with Gasteiger partial charge in [0.15, 0.2) is 12.3 Å². The van der Waals surface area contributed by atoms with Gasteiger partial charge in [0.2, 0.25) is 0 Å². The summed E-state index contributed by atoms with van der Waals surface area (Å²) < 4.78 is 41.5. The molecule has 0 bridgehead atoms. The molecule has 0 aromatic heterocycles. The van der Waals surface area contributed by atoms with Gasteiger partial charge < -0.3 is 9.47 Å². The van der Waals surface area contributed by atoms with E-state index in [1.165, 1.54) is 64.2 Å². The Bertz CT molecular complexity index is 494. The fraction of sp³-hybridized carbons (Fsp3) is 1.00. The normalized spacial score (nSPS) is 38.8. The molecule has 0 aromatic carbocycles. The maximum atomic E-state index is 14.8.